The van der Waals surface area contributed by atoms with Crippen LogP contribution >= 0.6 is 0 Å². The second-order valence-electron chi connectivity index (χ2n) is 3.95. The lowest BCUT2D eigenvalue weighted by atomic mass is 10.3. The van der Waals surface area contributed by atoms with Gasteiger partial charge < -0.3 is 28.4 Å². The van der Waals surface area contributed by atoms with Crippen molar-refractivity contribution in [3.05, 3.63) is 0 Å². The maximum atomic E-state index is 12.5. The molecule has 1 rings (SSSR count). The van der Waals surface area contributed by atoms with Gasteiger partial charge in [-0.25, -0.2) is 14.6 Å². The topological polar surface area (TPSA) is 78.9 Å². The molecule has 0 aromatic carbocycles. The van der Waals surface area contributed by atoms with Gasteiger partial charge in [-0.15, -0.1) is 0 Å². The van der Waals surface area contributed by atoms with E-state index in [1.54, 1.807) is 0 Å². The second-order valence-corrected chi connectivity index (χ2v) is 3.95. The van der Waals surface area contributed by atoms with Crippen molar-refractivity contribution in [2.24, 2.45) is 0 Å². The summed E-state index contributed by atoms with van der Waals surface area (Å²) in [5.41, 5.74) is 0. The van der Waals surface area contributed by atoms with Crippen molar-refractivity contribution < 1.29 is 33.2 Å². The van der Waals surface area contributed by atoms with Gasteiger partial charge >= 0.3 is 17.9 Å². The number of carbonyl (C=O) groups is 1. The van der Waals surface area contributed by atoms with E-state index in [1.165, 1.54) is 52.5 Å². The Kier molecular flexibility index (Phi) is 5.68. The number of hydrogen-bond donors (Lipinski definition) is 0. The number of hydrogen-bond acceptors (Lipinski definition) is 7. The van der Waals surface area contributed by atoms with Crippen molar-refractivity contribution in [3.8, 4) is 0 Å². The van der Waals surface area contributed by atoms with Crippen molar-refractivity contribution in [3.63, 3.8) is 0 Å². The molecule has 0 radical (unpaired) electrons. The highest BCUT2D eigenvalue weighted by Crippen LogP contribution is 2.43. The summed E-state index contributed by atoms with van der Waals surface area (Å²) in [5.74, 6) is -3.27. The number of carbonyl (C=O) groups excluding carboxylic acids is 1. The van der Waals surface area contributed by atoms with Crippen molar-refractivity contribution >= 4 is 6.03 Å². The first-order chi connectivity index (χ1) is 9.54. The summed E-state index contributed by atoms with van der Waals surface area (Å²) >= 11 is 0. The van der Waals surface area contributed by atoms with Gasteiger partial charge in [-0.3, -0.25) is 0 Å². The minimum Gasteiger partial charge on any atom is -0.364 e. The lowest BCUT2D eigenvalue weighted by Crippen LogP contribution is -2.66. The molecule has 1 fully saturated rings. The Morgan fingerprint density at radius 1 is 0.750 bits per heavy atom. The van der Waals surface area contributed by atoms with E-state index in [1.807, 2.05) is 0 Å². The highest BCUT2D eigenvalue weighted by atomic mass is 16.8. The molecule has 0 atom stereocenters. The highest BCUT2D eigenvalue weighted by molar-refractivity contribution is 5.78. The highest BCUT2D eigenvalue weighted by Gasteiger charge is 2.72. The Balaban J connectivity index is 3.40. The number of urea groups is 1. The molecule has 0 N–H and O–H groups in total. The van der Waals surface area contributed by atoms with Gasteiger partial charge in [0.2, 0.25) is 0 Å². The zero-order valence-electron chi connectivity index (χ0n) is 12.7. The van der Waals surface area contributed by atoms with Gasteiger partial charge in [-0.2, -0.15) is 0 Å². The van der Waals surface area contributed by atoms with Crippen LogP contribution in [-0.4, -0.2) is 83.8 Å². The molecule has 20 heavy (non-hydrogen) atoms. The van der Waals surface area contributed by atoms with Crippen LogP contribution in [0.3, 0.4) is 0 Å². The number of methoxy groups -OCH3 is 6. The third-order valence-electron chi connectivity index (χ3n) is 3.19. The lowest BCUT2D eigenvalue weighted by molar-refractivity contribution is -0.445. The van der Waals surface area contributed by atoms with E-state index in [9.17, 15) is 4.79 Å². The first-order valence-electron chi connectivity index (χ1n) is 5.82. The van der Waals surface area contributed by atoms with Gasteiger partial charge in [0, 0.05) is 42.7 Å². The largest absolute Gasteiger partial charge is 0.364 e. The van der Waals surface area contributed by atoms with E-state index in [0.29, 0.717) is 0 Å². The Hall–Kier alpha value is -0.970. The van der Waals surface area contributed by atoms with Crippen LogP contribution in [0.5, 0.6) is 0 Å². The number of amides is 2. The van der Waals surface area contributed by atoms with E-state index < -0.39 is 17.9 Å². The second kappa shape index (κ2) is 6.66. The molecule has 0 bridgehead atoms. The summed E-state index contributed by atoms with van der Waals surface area (Å²) in [4.78, 5) is 14.9. The van der Waals surface area contributed by atoms with Crippen LogP contribution in [0.25, 0.3) is 0 Å². The smallest absolute Gasteiger partial charge is 0.336 e. The zero-order valence-corrected chi connectivity index (χ0v) is 12.7. The van der Waals surface area contributed by atoms with E-state index >= 15 is 0 Å². The van der Waals surface area contributed by atoms with Gasteiger partial charge in [0.05, 0.1) is 0 Å². The van der Waals surface area contributed by atoms with E-state index in [2.05, 4.69) is 0 Å². The molecule has 1 aliphatic heterocycles. The predicted molar refractivity (Wildman–Crippen MR) is 66.3 cm³/mol. The van der Waals surface area contributed by atoms with Gasteiger partial charge in [0.15, 0.2) is 0 Å². The van der Waals surface area contributed by atoms with Gasteiger partial charge in [0.25, 0.3) is 0 Å². The molecule has 9 nitrogen and oxygen atoms in total. The van der Waals surface area contributed by atoms with Crippen molar-refractivity contribution in [2.75, 3.05) is 56.1 Å². The van der Waals surface area contributed by atoms with Crippen LogP contribution in [0.2, 0.25) is 0 Å². The zero-order chi connectivity index (χ0) is 15.4. The average Bonchev–Trinajstić information content (AvgIpc) is 2.67. The molecule has 0 aromatic heterocycles. The molecular formula is C11H22N2O7. The van der Waals surface area contributed by atoms with E-state index in [-0.39, 0.29) is 13.5 Å². The predicted octanol–water partition coefficient (Wildman–Crippen LogP) is -0.175. The summed E-state index contributed by atoms with van der Waals surface area (Å²) in [5, 5.41) is 0. The molecule has 0 saturated carbocycles. The molecule has 0 aliphatic carbocycles. The van der Waals surface area contributed by atoms with Gasteiger partial charge in [-0.05, 0) is 0 Å². The van der Waals surface area contributed by atoms with Crippen LogP contribution in [0.15, 0.2) is 0 Å². The summed E-state index contributed by atoms with van der Waals surface area (Å²) in [7, 11) is 8.41. The van der Waals surface area contributed by atoms with Crippen LogP contribution in [0, 0.1) is 0 Å². The first-order valence-corrected chi connectivity index (χ1v) is 5.82. The third-order valence-corrected chi connectivity index (χ3v) is 3.19. The van der Waals surface area contributed by atoms with Gasteiger partial charge in [0.1, 0.15) is 13.5 Å². The molecule has 9 heteroatoms. The average molecular weight is 294 g/mol. The first kappa shape index (κ1) is 17.1. The molecule has 0 spiro atoms. The Labute approximate surface area is 118 Å². The van der Waals surface area contributed by atoms with Gasteiger partial charge in [-0.1, -0.05) is 0 Å². The maximum absolute atomic E-state index is 12.5. The molecule has 1 aliphatic rings. The molecule has 1 saturated heterocycles. The molecular weight excluding hydrogens is 272 g/mol. The molecule has 0 unspecified atom stereocenters. The lowest BCUT2D eigenvalue weighted by Gasteiger charge is -2.43. The summed E-state index contributed by atoms with van der Waals surface area (Å²) in [6, 6.07) is -0.471. The fourth-order valence-electron chi connectivity index (χ4n) is 2.40. The number of nitrogens with zero attached hydrogens (tertiary/aromatic N) is 2. The summed E-state index contributed by atoms with van der Waals surface area (Å²) in [6.45, 7) is -0.148. The van der Waals surface area contributed by atoms with Crippen molar-refractivity contribution in [2.45, 2.75) is 11.8 Å². The van der Waals surface area contributed by atoms with Crippen molar-refractivity contribution in [1.29, 1.82) is 0 Å². The SMILES string of the molecule is COCN1C(=O)N(COC)C(OC)(OC)C1(OC)OC. The normalized spacial score (nSPS) is 20.8. The summed E-state index contributed by atoms with van der Waals surface area (Å²) < 4.78 is 31.7. The van der Waals surface area contributed by atoms with Crippen LogP contribution < -0.4 is 0 Å². The molecule has 0 aromatic rings. The van der Waals surface area contributed by atoms with Crippen LogP contribution in [-0.2, 0) is 28.4 Å². The molecule has 1 heterocycles. The van der Waals surface area contributed by atoms with Crippen LogP contribution in [0.4, 0.5) is 4.79 Å². The fraction of sp³-hybridized carbons (Fsp3) is 0.909. The fourth-order valence-corrected chi connectivity index (χ4v) is 2.40. The van der Waals surface area contributed by atoms with E-state index in [0.717, 1.165) is 0 Å². The standard InChI is InChI=1S/C11H22N2O7/c1-15-7-12-9(14)13(8-16-2)11(19-5,20-6)10(12,17-3)18-4/h7-8H2,1-6H3. The molecule has 118 valence electrons. The Morgan fingerprint density at radius 2 is 1.05 bits per heavy atom. The minimum absolute atomic E-state index is 0.0742. The van der Waals surface area contributed by atoms with E-state index in [4.69, 9.17) is 28.4 Å². The summed E-state index contributed by atoms with van der Waals surface area (Å²) in [6.07, 6.45) is 0. The number of rotatable bonds is 8. The number of ether oxygens (including phenoxy) is 6. The Bertz CT molecular complexity index is 301. The molecule has 2 amide bonds. The quantitative estimate of drug-likeness (QED) is 0.575. The van der Waals surface area contributed by atoms with Crippen LogP contribution in [0.1, 0.15) is 0 Å². The minimum atomic E-state index is -1.64. The third kappa shape index (κ3) is 2.07. The van der Waals surface area contributed by atoms with Crippen molar-refractivity contribution in [1.82, 2.24) is 9.80 Å². The Morgan fingerprint density at radius 3 is 1.25 bits per heavy atom. The maximum Gasteiger partial charge on any atom is 0.336 e. The monoisotopic (exact) mass is 294 g/mol.